The van der Waals surface area contributed by atoms with E-state index >= 15 is 0 Å². The monoisotopic (exact) mass is 782 g/mol. The van der Waals surface area contributed by atoms with E-state index in [1.165, 1.54) is 0 Å². The molecule has 2 aromatic rings. The van der Waals surface area contributed by atoms with Gasteiger partial charge in [0, 0.05) is 23.3 Å². The van der Waals surface area contributed by atoms with Gasteiger partial charge in [-0.05, 0) is 24.5 Å². The molecule has 55 heavy (non-hydrogen) atoms. The Bertz CT molecular complexity index is 1620. The number of fused-ring (bicyclic) bond motifs is 3. The number of carbonyl (C=O) groups excluding carboxylic acids is 2. The zero-order chi connectivity index (χ0) is 39.6. The number of ether oxygens (including phenoxy) is 7. The van der Waals surface area contributed by atoms with Crippen LogP contribution in [0.4, 0.5) is 0 Å². The lowest BCUT2D eigenvalue weighted by molar-refractivity contribution is -0.342. The topological polar surface area (TPSA) is 301 Å². The first-order chi connectivity index (χ1) is 26.3. The number of hydrogen-bond acceptors (Lipinski definition) is 19. The average molecular weight is 783 g/mol. The molecule has 2 aromatic carbocycles. The molecule has 0 spiro atoms. The summed E-state index contributed by atoms with van der Waals surface area (Å²) in [7, 11) is 0. The zero-order valence-electron chi connectivity index (χ0n) is 29.3. The van der Waals surface area contributed by atoms with Gasteiger partial charge in [-0.3, -0.25) is 4.79 Å². The molecule has 19 nitrogen and oxygen atoms in total. The van der Waals surface area contributed by atoms with Crippen LogP contribution in [0.15, 0.2) is 42.5 Å². The lowest BCUT2D eigenvalue weighted by atomic mass is 9.98. The number of ketones is 1. The maximum absolute atomic E-state index is 13.0. The Morgan fingerprint density at radius 3 is 1.58 bits per heavy atom. The molecular weight excluding hydrogens is 736 g/mol. The van der Waals surface area contributed by atoms with Gasteiger partial charge in [-0.1, -0.05) is 36.4 Å². The van der Waals surface area contributed by atoms with E-state index in [4.69, 9.17) is 33.2 Å². The Balaban J connectivity index is 0.959. The van der Waals surface area contributed by atoms with Gasteiger partial charge in [0.1, 0.15) is 73.2 Å². The fraction of sp³-hybridized carbons (Fsp3) is 0.611. The highest BCUT2D eigenvalue weighted by Gasteiger charge is 2.49. The van der Waals surface area contributed by atoms with Gasteiger partial charge in [-0.2, -0.15) is 0 Å². The van der Waals surface area contributed by atoms with Crippen molar-refractivity contribution in [2.24, 2.45) is 0 Å². The van der Waals surface area contributed by atoms with Crippen molar-refractivity contribution in [2.45, 2.75) is 105 Å². The van der Waals surface area contributed by atoms with Gasteiger partial charge in [-0.15, -0.1) is 0 Å². The van der Waals surface area contributed by atoms with E-state index in [0.29, 0.717) is 35.1 Å². The van der Waals surface area contributed by atoms with E-state index in [-0.39, 0.29) is 24.6 Å². The predicted octanol–water partition coefficient (Wildman–Crippen LogP) is -3.70. The molecule has 6 rings (SSSR count). The minimum atomic E-state index is -1.84. The van der Waals surface area contributed by atoms with Crippen LogP contribution < -0.4 is 0 Å². The van der Waals surface area contributed by atoms with Crippen molar-refractivity contribution in [2.75, 3.05) is 33.0 Å². The molecule has 0 unspecified atom stereocenters. The van der Waals surface area contributed by atoms with Crippen LogP contribution in [0, 0.1) is 0 Å². The van der Waals surface area contributed by atoms with Crippen molar-refractivity contribution in [1.29, 1.82) is 0 Å². The Hall–Kier alpha value is -3.06. The molecule has 15 atom stereocenters. The van der Waals surface area contributed by atoms with Crippen molar-refractivity contribution in [3.05, 3.63) is 59.2 Å². The molecule has 1 aliphatic carbocycles. The molecule has 0 radical (unpaired) electrons. The molecule has 3 aliphatic heterocycles. The van der Waals surface area contributed by atoms with Gasteiger partial charge in [0.25, 0.3) is 0 Å². The number of unbranched alkanes of at least 4 members (excludes halogenated alkanes) is 1. The van der Waals surface area contributed by atoms with Crippen LogP contribution in [-0.4, -0.2) is 188 Å². The summed E-state index contributed by atoms with van der Waals surface area (Å²) < 4.78 is 38.5. The standard InChI is InChI=1S/C36H46O19/c37-12-19-24(39)27(42)31(46)35(53-19)51-14-21-26(41)29(44)32(47)36(55-21)52-13-20-25(40)28(43)30(45)34(54-20)50-11-4-3-10-49-33(48)18-9-5-8-17-22(18)15-6-1-2-7-16(15)23(17)38/h1-2,5-9,19-21,24-32,34-37,39-47H,3-4,10-14H2/t19-,20-,21-,24-,25-,26-,27+,28+,29+,30-,31-,32-,34+,35+,36+/m1/s1. The Kier molecular flexibility index (Phi) is 13.6. The third-order valence-corrected chi connectivity index (χ3v) is 10.1. The Morgan fingerprint density at radius 2 is 1.02 bits per heavy atom. The van der Waals surface area contributed by atoms with Gasteiger partial charge < -0.3 is 84.2 Å². The fourth-order valence-electron chi connectivity index (χ4n) is 6.86. The lowest BCUT2D eigenvalue weighted by Gasteiger charge is -2.43. The van der Waals surface area contributed by atoms with Gasteiger partial charge in [0.05, 0.1) is 32.0 Å². The van der Waals surface area contributed by atoms with Crippen molar-refractivity contribution < 1.29 is 93.8 Å². The first kappa shape index (κ1) is 41.6. The van der Waals surface area contributed by atoms with E-state index in [9.17, 15) is 60.7 Å². The van der Waals surface area contributed by atoms with Crippen molar-refractivity contribution in [1.82, 2.24) is 0 Å². The van der Waals surface area contributed by atoms with Crippen LogP contribution >= 0.6 is 0 Å². The van der Waals surface area contributed by atoms with Gasteiger partial charge >= 0.3 is 5.97 Å². The first-order valence-corrected chi connectivity index (χ1v) is 17.8. The maximum atomic E-state index is 13.0. The number of rotatable bonds is 14. The molecule has 4 aliphatic rings. The van der Waals surface area contributed by atoms with Gasteiger partial charge in [0.2, 0.25) is 0 Å². The van der Waals surface area contributed by atoms with E-state index in [1.54, 1.807) is 42.5 Å². The van der Waals surface area contributed by atoms with Gasteiger partial charge in [-0.25, -0.2) is 4.79 Å². The lowest BCUT2D eigenvalue weighted by Crippen LogP contribution is -2.62. The van der Waals surface area contributed by atoms with E-state index in [0.717, 1.165) is 0 Å². The summed E-state index contributed by atoms with van der Waals surface area (Å²) in [6, 6.07) is 11.9. The van der Waals surface area contributed by atoms with Crippen molar-refractivity contribution in [3.63, 3.8) is 0 Å². The SMILES string of the molecule is O=C(OCCCCO[C@H]1O[C@H](CO[C@H]2O[C@H](CO[C@H]3O[C@H](CO)[C@@H](O)[C@H](O)[C@H]3O)[C@@H](O)[C@H](O)[C@H]2O)[C@@H](O)[C@H](O)[C@H]1O)c1cccc2c1-c1ccccc1C2=O. The molecule has 3 heterocycles. The van der Waals surface area contributed by atoms with E-state index < -0.39 is 118 Å². The number of esters is 1. The summed E-state index contributed by atoms with van der Waals surface area (Å²) in [6.45, 7) is -1.91. The average Bonchev–Trinajstić information content (AvgIpc) is 3.49. The Morgan fingerprint density at radius 1 is 0.545 bits per heavy atom. The molecule has 10 N–H and O–H groups in total. The molecule has 0 aromatic heterocycles. The third kappa shape index (κ3) is 8.62. The molecular formula is C36H46O19. The number of carbonyl (C=O) groups is 2. The second-order valence-corrected chi connectivity index (χ2v) is 13.7. The molecule has 19 heteroatoms. The molecule has 3 saturated heterocycles. The summed E-state index contributed by atoms with van der Waals surface area (Å²) in [4.78, 5) is 25.7. The van der Waals surface area contributed by atoms with Crippen LogP contribution in [0.1, 0.15) is 39.1 Å². The summed E-state index contributed by atoms with van der Waals surface area (Å²) in [5.74, 6) is -0.767. The molecule has 3 fully saturated rings. The summed E-state index contributed by atoms with van der Waals surface area (Å²) in [5, 5.41) is 103. The van der Waals surface area contributed by atoms with Crippen LogP contribution in [-0.2, 0) is 33.2 Å². The summed E-state index contributed by atoms with van der Waals surface area (Å²) in [6.07, 6.45) is -23.7. The second-order valence-electron chi connectivity index (χ2n) is 13.7. The van der Waals surface area contributed by atoms with Gasteiger partial charge in [0.15, 0.2) is 24.7 Å². The van der Waals surface area contributed by atoms with Crippen LogP contribution in [0.2, 0.25) is 0 Å². The van der Waals surface area contributed by atoms with E-state index in [1.807, 2.05) is 0 Å². The largest absolute Gasteiger partial charge is 0.462 e. The highest BCUT2D eigenvalue weighted by molar-refractivity contribution is 6.24. The number of aliphatic hydroxyl groups is 10. The number of benzene rings is 2. The first-order valence-electron chi connectivity index (χ1n) is 17.8. The Labute approximate surface area is 313 Å². The minimum absolute atomic E-state index is 0.00610. The highest BCUT2D eigenvalue weighted by atomic mass is 16.7. The van der Waals surface area contributed by atoms with Crippen molar-refractivity contribution >= 4 is 11.8 Å². The smallest absolute Gasteiger partial charge is 0.338 e. The number of aliphatic hydroxyl groups excluding tert-OH is 10. The van der Waals surface area contributed by atoms with Crippen LogP contribution in [0.25, 0.3) is 11.1 Å². The molecule has 0 bridgehead atoms. The maximum Gasteiger partial charge on any atom is 0.338 e. The molecule has 0 saturated carbocycles. The summed E-state index contributed by atoms with van der Waals surface area (Å²) >= 11 is 0. The second kappa shape index (κ2) is 18.0. The summed E-state index contributed by atoms with van der Waals surface area (Å²) in [5.41, 5.74) is 2.39. The quantitative estimate of drug-likeness (QED) is 0.0556. The fourth-order valence-corrected chi connectivity index (χ4v) is 6.86. The third-order valence-electron chi connectivity index (χ3n) is 10.1. The zero-order valence-corrected chi connectivity index (χ0v) is 29.3. The molecule has 0 amide bonds. The van der Waals surface area contributed by atoms with Crippen LogP contribution in [0.5, 0.6) is 0 Å². The number of hydrogen-bond donors (Lipinski definition) is 10. The predicted molar refractivity (Wildman–Crippen MR) is 180 cm³/mol. The minimum Gasteiger partial charge on any atom is -0.462 e. The molecule has 304 valence electrons. The van der Waals surface area contributed by atoms with Crippen LogP contribution in [0.3, 0.4) is 0 Å². The van der Waals surface area contributed by atoms with E-state index in [2.05, 4.69) is 0 Å². The highest BCUT2D eigenvalue weighted by Crippen LogP contribution is 2.39. The normalized spacial score (nSPS) is 37.3. The van der Waals surface area contributed by atoms with Crippen molar-refractivity contribution in [3.8, 4) is 11.1 Å².